The van der Waals surface area contributed by atoms with Crippen molar-refractivity contribution >= 4 is 16.6 Å². The lowest BCUT2D eigenvalue weighted by molar-refractivity contribution is 0.384. The van der Waals surface area contributed by atoms with Gasteiger partial charge in [0, 0.05) is 36.9 Å². The van der Waals surface area contributed by atoms with Gasteiger partial charge in [-0.05, 0) is 37.2 Å². The molecule has 1 spiro atoms. The predicted molar refractivity (Wildman–Crippen MR) is 102 cm³/mol. The number of nitrogens with zero attached hydrogens (tertiary/aromatic N) is 5. The predicted octanol–water partition coefficient (Wildman–Crippen LogP) is 2.76. The van der Waals surface area contributed by atoms with E-state index < -0.39 is 5.56 Å². The number of rotatable bonds is 3. The highest BCUT2D eigenvalue weighted by Crippen LogP contribution is 2.54. The van der Waals surface area contributed by atoms with Crippen molar-refractivity contribution in [2.75, 3.05) is 18.0 Å². The van der Waals surface area contributed by atoms with Crippen LogP contribution in [0, 0.1) is 16.7 Å². The summed E-state index contributed by atoms with van der Waals surface area (Å²) in [5.74, 6) is 0.312. The number of aromatic nitrogens is 4. The van der Waals surface area contributed by atoms with Gasteiger partial charge in [0.15, 0.2) is 0 Å². The fraction of sp³-hybridized carbons (Fsp3) is 0.350. The minimum Gasteiger partial charge on any atom is -0.405 e. The summed E-state index contributed by atoms with van der Waals surface area (Å²) < 4.78 is 5.65. The van der Waals surface area contributed by atoms with Gasteiger partial charge in [-0.2, -0.15) is 5.26 Å². The largest absolute Gasteiger partial charge is 0.405 e. The molecule has 0 amide bonds. The van der Waals surface area contributed by atoms with Crippen LogP contribution in [0.15, 0.2) is 35.5 Å². The SMILES string of the molecule is N#Cc1c(N2CCC3(CC2)CC3)c2cc(Oc3ncccn3)ncc2[nH]c1=O. The second-order valence-corrected chi connectivity index (χ2v) is 7.48. The summed E-state index contributed by atoms with van der Waals surface area (Å²) in [5, 5.41) is 10.4. The number of aromatic amines is 1. The lowest BCUT2D eigenvalue weighted by atomic mass is 9.92. The summed E-state index contributed by atoms with van der Waals surface area (Å²) in [6.07, 6.45) is 9.49. The average molecular weight is 374 g/mol. The van der Waals surface area contributed by atoms with Crippen molar-refractivity contribution in [3.63, 3.8) is 0 Å². The van der Waals surface area contributed by atoms with E-state index >= 15 is 0 Å². The maximum Gasteiger partial charge on any atom is 0.323 e. The molecule has 0 unspecified atom stereocenters. The average Bonchev–Trinajstić information content (AvgIpc) is 3.48. The summed E-state index contributed by atoms with van der Waals surface area (Å²) in [4.78, 5) is 29.7. The molecule has 5 rings (SSSR count). The van der Waals surface area contributed by atoms with E-state index in [-0.39, 0.29) is 11.6 Å². The first-order chi connectivity index (χ1) is 13.7. The Morgan fingerprint density at radius 1 is 1.14 bits per heavy atom. The van der Waals surface area contributed by atoms with Gasteiger partial charge in [0.2, 0.25) is 5.88 Å². The van der Waals surface area contributed by atoms with Gasteiger partial charge in [-0.15, -0.1) is 0 Å². The first-order valence-electron chi connectivity index (χ1n) is 9.33. The van der Waals surface area contributed by atoms with Crippen molar-refractivity contribution < 1.29 is 4.74 Å². The molecule has 8 nitrogen and oxygen atoms in total. The summed E-state index contributed by atoms with van der Waals surface area (Å²) >= 11 is 0. The summed E-state index contributed by atoms with van der Waals surface area (Å²) in [6, 6.07) is 5.71. The van der Waals surface area contributed by atoms with E-state index in [4.69, 9.17) is 4.74 Å². The Hall–Kier alpha value is -3.47. The highest BCUT2D eigenvalue weighted by molar-refractivity contribution is 5.94. The van der Waals surface area contributed by atoms with Crippen molar-refractivity contribution in [1.29, 1.82) is 5.26 Å². The second-order valence-electron chi connectivity index (χ2n) is 7.48. The fourth-order valence-electron chi connectivity index (χ4n) is 3.96. The van der Waals surface area contributed by atoms with E-state index in [1.807, 2.05) is 0 Å². The molecule has 3 aromatic rings. The van der Waals surface area contributed by atoms with Crippen LogP contribution in [0.25, 0.3) is 10.9 Å². The summed E-state index contributed by atoms with van der Waals surface area (Å²) in [7, 11) is 0. The number of pyridine rings is 2. The van der Waals surface area contributed by atoms with E-state index in [0.717, 1.165) is 31.3 Å². The molecular weight excluding hydrogens is 356 g/mol. The van der Waals surface area contributed by atoms with Crippen LogP contribution in [-0.2, 0) is 0 Å². The van der Waals surface area contributed by atoms with E-state index in [2.05, 4.69) is 30.9 Å². The van der Waals surface area contributed by atoms with Crippen molar-refractivity contribution in [3.05, 3.63) is 46.6 Å². The van der Waals surface area contributed by atoms with Gasteiger partial charge in [0.25, 0.3) is 5.56 Å². The molecule has 1 saturated carbocycles. The molecule has 0 radical (unpaired) electrons. The molecule has 28 heavy (non-hydrogen) atoms. The lowest BCUT2D eigenvalue weighted by Crippen LogP contribution is -2.36. The van der Waals surface area contributed by atoms with Crippen LogP contribution in [0.5, 0.6) is 11.9 Å². The quantitative estimate of drug-likeness (QED) is 0.751. The molecule has 1 aliphatic carbocycles. The monoisotopic (exact) mass is 374 g/mol. The Bertz CT molecular complexity index is 1140. The molecule has 1 aliphatic heterocycles. The molecular formula is C20H18N6O2. The number of H-pyrrole nitrogens is 1. The number of nitriles is 1. The van der Waals surface area contributed by atoms with Gasteiger partial charge < -0.3 is 14.6 Å². The lowest BCUT2D eigenvalue weighted by Gasteiger charge is -2.34. The van der Waals surface area contributed by atoms with Crippen LogP contribution in [0.2, 0.25) is 0 Å². The molecule has 0 atom stereocenters. The zero-order valence-corrected chi connectivity index (χ0v) is 15.2. The van der Waals surface area contributed by atoms with Gasteiger partial charge in [0.1, 0.15) is 11.6 Å². The first-order valence-corrected chi connectivity index (χ1v) is 9.33. The van der Waals surface area contributed by atoms with E-state index in [1.54, 1.807) is 30.7 Å². The molecule has 4 heterocycles. The highest BCUT2D eigenvalue weighted by Gasteiger charge is 2.44. The van der Waals surface area contributed by atoms with Crippen LogP contribution in [0.3, 0.4) is 0 Å². The zero-order chi connectivity index (χ0) is 19.1. The van der Waals surface area contributed by atoms with Crippen molar-refractivity contribution in [3.8, 4) is 18.0 Å². The number of hydrogen-bond donors (Lipinski definition) is 1. The number of ether oxygens (including phenoxy) is 1. The molecule has 1 saturated heterocycles. The minimum atomic E-state index is -0.390. The highest BCUT2D eigenvalue weighted by atomic mass is 16.5. The van der Waals surface area contributed by atoms with E-state index in [1.165, 1.54) is 12.8 Å². The first kappa shape index (κ1) is 16.7. The molecule has 3 aromatic heterocycles. The smallest absolute Gasteiger partial charge is 0.323 e. The number of fused-ring (bicyclic) bond motifs is 1. The third-order valence-electron chi connectivity index (χ3n) is 5.79. The Labute approximate surface area is 160 Å². The Balaban J connectivity index is 1.60. The van der Waals surface area contributed by atoms with Crippen LogP contribution < -0.4 is 15.2 Å². The van der Waals surface area contributed by atoms with Gasteiger partial charge >= 0.3 is 6.01 Å². The van der Waals surface area contributed by atoms with E-state index in [0.29, 0.717) is 22.5 Å². The van der Waals surface area contributed by atoms with Crippen molar-refractivity contribution in [1.82, 2.24) is 19.9 Å². The van der Waals surface area contributed by atoms with Crippen molar-refractivity contribution in [2.45, 2.75) is 25.7 Å². The molecule has 8 heteroatoms. The summed E-state index contributed by atoms with van der Waals surface area (Å²) in [6.45, 7) is 1.68. The number of hydrogen-bond acceptors (Lipinski definition) is 7. The zero-order valence-electron chi connectivity index (χ0n) is 15.2. The van der Waals surface area contributed by atoms with Gasteiger partial charge in [-0.1, -0.05) is 0 Å². The second kappa shape index (κ2) is 6.30. The van der Waals surface area contributed by atoms with Gasteiger partial charge in [-0.25, -0.2) is 15.0 Å². The number of anilines is 1. The summed E-state index contributed by atoms with van der Waals surface area (Å²) in [5.41, 5.74) is 1.48. The van der Waals surface area contributed by atoms with Gasteiger partial charge in [0.05, 0.1) is 17.4 Å². The molecule has 0 aromatic carbocycles. The number of piperidine rings is 1. The Morgan fingerprint density at radius 2 is 1.89 bits per heavy atom. The molecule has 1 N–H and O–H groups in total. The maximum absolute atomic E-state index is 12.5. The van der Waals surface area contributed by atoms with Crippen LogP contribution in [0.1, 0.15) is 31.2 Å². The van der Waals surface area contributed by atoms with Crippen molar-refractivity contribution in [2.24, 2.45) is 5.41 Å². The normalized spacial score (nSPS) is 17.5. The standard InChI is InChI=1S/C20H18N6O2/c21-11-14-17(26-8-4-20(2-3-20)5-9-26)13-10-16(24-12-15(13)25-18(14)27)28-19-22-6-1-7-23-19/h1,6-7,10,12H,2-5,8-9H2,(H,25,27). The van der Waals surface area contributed by atoms with Crippen LogP contribution in [-0.4, -0.2) is 33.0 Å². The topological polar surface area (TPSA) is 108 Å². The Morgan fingerprint density at radius 3 is 2.57 bits per heavy atom. The third-order valence-corrected chi connectivity index (χ3v) is 5.79. The van der Waals surface area contributed by atoms with Crippen LogP contribution in [0.4, 0.5) is 5.69 Å². The van der Waals surface area contributed by atoms with Crippen LogP contribution >= 0.6 is 0 Å². The molecule has 2 aliphatic rings. The van der Waals surface area contributed by atoms with Gasteiger partial charge in [-0.3, -0.25) is 4.79 Å². The minimum absolute atomic E-state index is 0.132. The number of nitrogens with one attached hydrogen (secondary N) is 1. The molecule has 140 valence electrons. The Kier molecular flexibility index (Phi) is 3.76. The van der Waals surface area contributed by atoms with E-state index in [9.17, 15) is 10.1 Å². The fourth-order valence-corrected chi connectivity index (χ4v) is 3.96. The maximum atomic E-state index is 12.5. The molecule has 0 bridgehead atoms. The molecule has 2 fully saturated rings. The third kappa shape index (κ3) is 2.85.